The van der Waals surface area contributed by atoms with Crippen LogP contribution in [0.25, 0.3) is 0 Å². The Kier molecular flexibility index (Phi) is 6.63. The maximum absolute atomic E-state index is 13.7. The molecule has 2 aromatic rings. The van der Waals surface area contributed by atoms with Crippen molar-refractivity contribution in [3.8, 4) is 0 Å². The van der Waals surface area contributed by atoms with Gasteiger partial charge in [-0.15, -0.1) is 0 Å². The summed E-state index contributed by atoms with van der Waals surface area (Å²) in [5.41, 5.74) is 2.28. The van der Waals surface area contributed by atoms with Gasteiger partial charge < -0.3 is 0 Å². The van der Waals surface area contributed by atoms with E-state index in [2.05, 4.69) is 22.6 Å². The van der Waals surface area contributed by atoms with Gasteiger partial charge in [0.1, 0.15) is 5.82 Å². The van der Waals surface area contributed by atoms with Crippen molar-refractivity contribution >= 4 is 10.0 Å². The normalized spacial score (nSPS) is 16.5. The molecule has 0 atom stereocenters. The van der Waals surface area contributed by atoms with Gasteiger partial charge in [-0.05, 0) is 49.0 Å². The molecule has 1 aliphatic heterocycles. The predicted molar refractivity (Wildman–Crippen MR) is 106 cm³/mol. The third kappa shape index (κ3) is 6.13. The fourth-order valence-electron chi connectivity index (χ4n) is 3.38. The van der Waals surface area contributed by atoms with E-state index in [9.17, 15) is 12.8 Å². The van der Waals surface area contributed by atoms with E-state index in [4.69, 9.17) is 0 Å². The molecular formula is C21H27FN2O2S. The van der Waals surface area contributed by atoms with Crippen LogP contribution in [-0.2, 0) is 28.9 Å². The molecule has 146 valence electrons. The predicted octanol–water partition coefficient (Wildman–Crippen LogP) is 3.68. The number of nitrogens with one attached hydrogen (secondary N) is 1. The number of piperidine rings is 1. The minimum Gasteiger partial charge on any atom is -0.299 e. The highest BCUT2D eigenvalue weighted by molar-refractivity contribution is 7.88. The van der Waals surface area contributed by atoms with E-state index < -0.39 is 15.8 Å². The summed E-state index contributed by atoms with van der Waals surface area (Å²) < 4.78 is 40.8. The van der Waals surface area contributed by atoms with Crippen molar-refractivity contribution in [2.75, 3.05) is 13.1 Å². The summed E-state index contributed by atoms with van der Waals surface area (Å²) in [5.74, 6) is -0.0529. The van der Waals surface area contributed by atoms with Gasteiger partial charge in [0.25, 0.3) is 0 Å². The van der Waals surface area contributed by atoms with Gasteiger partial charge in [-0.3, -0.25) is 4.90 Å². The van der Waals surface area contributed by atoms with Crippen LogP contribution in [0.3, 0.4) is 0 Å². The average Bonchev–Trinajstić information content (AvgIpc) is 2.64. The van der Waals surface area contributed by atoms with Gasteiger partial charge in [-0.2, -0.15) is 0 Å². The van der Waals surface area contributed by atoms with Crippen LogP contribution in [0.2, 0.25) is 0 Å². The maximum atomic E-state index is 13.7. The number of benzene rings is 2. The van der Waals surface area contributed by atoms with Gasteiger partial charge in [0, 0.05) is 18.7 Å². The molecule has 1 aliphatic rings. The van der Waals surface area contributed by atoms with Crippen LogP contribution >= 0.6 is 0 Å². The van der Waals surface area contributed by atoms with Gasteiger partial charge in [0.15, 0.2) is 0 Å². The Morgan fingerprint density at radius 3 is 2.52 bits per heavy atom. The molecule has 1 heterocycles. The molecule has 0 radical (unpaired) electrons. The van der Waals surface area contributed by atoms with Crippen molar-refractivity contribution in [2.24, 2.45) is 5.92 Å². The fraction of sp³-hybridized carbons (Fsp3) is 0.429. The lowest BCUT2D eigenvalue weighted by Crippen LogP contribution is -2.32. The molecule has 2 aromatic carbocycles. The largest absolute Gasteiger partial charge is 0.299 e. The van der Waals surface area contributed by atoms with Crippen molar-refractivity contribution < 1.29 is 12.8 Å². The molecule has 0 saturated carbocycles. The smallest absolute Gasteiger partial charge is 0.216 e. The van der Waals surface area contributed by atoms with E-state index in [1.54, 1.807) is 12.1 Å². The van der Waals surface area contributed by atoms with Gasteiger partial charge in [-0.1, -0.05) is 49.4 Å². The molecule has 3 rings (SSSR count). The molecule has 6 heteroatoms. The summed E-state index contributed by atoms with van der Waals surface area (Å²) >= 11 is 0. The molecule has 0 unspecified atom stereocenters. The minimum atomic E-state index is -3.60. The molecule has 0 aromatic heterocycles. The lowest BCUT2D eigenvalue weighted by Gasteiger charge is -2.30. The standard InChI is InChI=1S/C21H27FN2O2S/c1-17-9-11-24(12-10-17)15-19-6-4-5-18(13-19)14-23-27(25,26)16-20-7-2-3-8-21(20)22/h2-8,13,17,23H,9-12,14-16H2,1H3. The summed E-state index contributed by atoms with van der Waals surface area (Å²) in [7, 11) is -3.60. The number of nitrogens with zero attached hydrogens (tertiary/aromatic N) is 1. The molecule has 0 bridgehead atoms. The number of hydrogen-bond donors (Lipinski definition) is 1. The van der Waals surface area contributed by atoms with E-state index in [-0.39, 0.29) is 17.9 Å². The molecule has 4 nitrogen and oxygen atoms in total. The van der Waals surface area contributed by atoms with Gasteiger partial charge >= 0.3 is 0 Å². The number of rotatable bonds is 7. The summed E-state index contributed by atoms with van der Waals surface area (Å²) in [6.07, 6.45) is 2.46. The SMILES string of the molecule is CC1CCN(Cc2cccc(CNS(=O)(=O)Cc3ccccc3F)c2)CC1. The second-order valence-electron chi connectivity index (χ2n) is 7.45. The molecular weight excluding hydrogens is 363 g/mol. The summed E-state index contributed by atoms with van der Waals surface area (Å²) in [6.45, 7) is 5.62. The molecule has 1 saturated heterocycles. The van der Waals surface area contributed by atoms with Crippen LogP contribution in [0.4, 0.5) is 4.39 Å². The van der Waals surface area contributed by atoms with E-state index in [1.165, 1.54) is 30.5 Å². The van der Waals surface area contributed by atoms with Crippen LogP contribution in [0.5, 0.6) is 0 Å². The Balaban J connectivity index is 1.57. The Bertz CT molecular complexity index is 862. The zero-order valence-electron chi connectivity index (χ0n) is 15.7. The molecule has 1 N–H and O–H groups in total. The van der Waals surface area contributed by atoms with Crippen molar-refractivity contribution in [3.05, 3.63) is 71.0 Å². The first kappa shape index (κ1) is 20.0. The number of likely N-dealkylation sites (tertiary alicyclic amines) is 1. The third-order valence-corrected chi connectivity index (χ3v) is 6.35. The second-order valence-corrected chi connectivity index (χ2v) is 9.26. The molecule has 0 spiro atoms. The Morgan fingerprint density at radius 1 is 1.07 bits per heavy atom. The first-order chi connectivity index (χ1) is 12.9. The maximum Gasteiger partial charge on any atom is 0.216 e. The zero-order valence-corrected chi connectivity index (χ0v) is 16.5. The van der Waals surface area contributed by atoms with Gasteiger partial charge in [0.05, 0.1) is 5.75 Å². The number of sulfonamides is 1. The lowest BCUT2D eigenvalue weighted by molar-refractivity contribution is 0.185. The van der Waals surface area contributed by atoms with Crippen LogP contribution in [0.15, 0.2) is 48.5 Å². The topological polar surface area (TPSA) is 49.4 Å². The quantitative estimate of drug-likeness (QED) is 0.785. The Labute approximate surface area is 161 Å². The first-order valence-electron chi connectivity index (χ1n) is 9.42. The van der Waals surface area contributed by atoms with Crippen LogP contribution in [0.1, 0.15) is 36.5 Å². The highest BCUT2D eigenvalue weighted by Gasteiger charge is 2.16. The fourth-order valence-corrected chi connectivity index (χ4v) is 4.51. The average molecular weight is 391 g/mol. The number of hydrogen-bond acceptors (Lipinski definition) is 3. The minimum absolute atomic E-state index is 0.179. The molecule has 0 amide bonds. The van der Waals surface area contributed by atoms with Crippen molar-refractivity contribution in [1.29, 1.82) is 0 Å². The summed E-state index contributed by atoms with van der Waals surface area (Å²) in [6, 6.07) is 13.9. The Hall–Kier alpha value is -1.76. The second kappa shape index (κ2) is 8.95. The van der Waals surface area contributed by atoms with Crippen molar-refractivity contribution in [3.63, 3.8) is 0 Å². The van der Waals surface area contributed by atoms with E-state index in [0.29, 0.717) is 0 Å². The lowest BCUT2D eigenvalue weighted by atomic mass is 9.98. The van der Waals surface area contributed by atoms with Crippen LogP contribution < -0.4 is 4.72 Å². The van der Waals surface area contributed by atoms with E-state index in [0.717, 1.165) is 31.1 Å². The van der Waals surface area contributed by atoms with Gasteiger partial charge in [0.2, 0.25) is 10.0 Å². The first-order valence-corrected chi connectivity index (χ1v) is 11.1. The summed E-state index contributed by atoms with van der Waals surface area (Å²) in [5, 5.41) is 0. The van der Waals surface area contributed by atoms with Crippen molar-refractivity contribution in [2.45, 2.75) is 38.6 Å². The Morgan fingerprint density at radius 2 is 1.78 bits per heavy atom. The molecule has 0 aliphatic carbocycles. The zero-order chi connectivity index (χ0) is 19.3. The van der Waals surface area contributed by atoms with E-state index >= 15 is 0 Å². The number of halogens is 1. The van der Waals surface area contributed by atoms with Crippen LogP contribution in [-0.4, -0.2) is 26.4 Å². The van der Waals surface area contributed by atoms with Crippen molar-refractivity contribution in [1.82, 2.24) is 9.62 Å². The molecule has 27 heavy (non-hydrogen) atoms. The monoisotopic (exact) mass is 390 g/mol. The van der Waals surface area contributed by atoms with E-state index in [1.807, 2.05) is 18.2 Å². The highest BCUT2D eigenvalue weighted by Crippen LogP contribution is 2.18. The highest BCUT2D eigenvalue weighted by atomic mass is 32.2. The molecule has 1 fully saturated rings. The van der Waals surface area contributed by atoms with Gasteiger partial charge in [-0.25, -0.2) is 17.5 Å². The van der Waals surface area contributed by atoms with Crippen LogP contribution in [0, 0.1) is 11.7 Å². The summed E-state index contributed by atoms with van der Waals surface area (Å²) in [4.78, 5) is 2.45. The third-order valence-electron chi connectivity index (χ3n) is 5.07.